The molecule has 5 heteroatoms. The molecule has 0 radical (unpaired) electrons. The van der Waals surface area contributed by atoms with E-state index in [1.807, 2.05) is 0 Å². The van der Waals surface area contributed by atoms with Crippen LogP contribution in [-0.4, -0.2) is 16.4 Å². The van der Waals surface area contributed by atoms with Crippen LogP contribution in [0.15, 0.2) is 12.7 Å². The molecule has 0 aliphatic heterocycles. The minimum atomic E-state index is -1.02. The van der Waals surface area contributed by atoms with Gasteiger partial charge in [-0.25, -0.2) is 4.79 Å². The molecule has 0 heterocycles. The predicted octanol–water partition coefficient (Wildman–Crippen LogP) is 2.08. The van der Waals surface area contributed by atoms with Gasteiger partial charge < -0.3 is 4.74 Å². The molecule has 0 saturated heterocycles. The van der Waals surface area contributed by atoms with E-state index in [4.69, 9.17) is 34.8 Å². The van der Waals surface area contributed by atoms with Gasteiger partial charge in [0.15, 0.2) is 4.84 Å². The zero-order valence-corrected chi connectivity index (χ0v) is 7.16. The van der Waals surface area contributed by atoms with Gasteiger partial charge in [0.25, 0.3) is 0 Å². The minimum absolute atomic E-state index is 0.647. The van der Waals surface area contributed by atoms with Crippen LogP contribution in [0.25, 0.3) is 0 Å². The molecule has 1 atom stereocenters. The molecule has 58 valence electrons. The highest BCUT2D eigenvalue weighted by Gasteiger charge is 2.16. The van der Waals surface area contributed by atoms with Crippen molar-refractivity contribution in [2.24, 2.45) is 0 Å². The summed E-state index contributed by atoms with van der Waals surface area (Å²) in [6.07, 6.45) is 0.978. The molecule has 0 aliphatic carbocycles. The lowest BCUT2D eigenvalue weighted by Gasteiger charge is -2.08. The van der Waals surface area contributed by atoms with Crippen molar-refractivity contribution in [2.75, 3.05) is 0 Å². The Bertz CT molecular complexity index is 135. The second-order valence-electron chi connectivity index (χ2n) is 1.33. The Labute approximate surface area is 73.7 Å². The van der Waals surface area contributed by atoms with Crippen LogP contribution in [-0.2, 0) is 9.53 Å². The molecule has 0 N–H and O–H groups in total. The van der Waals surface area contributed by atoms with Crippen molar-refractivity contribution in [2.45, 2.75) is 10.4 Å². The summed E-state index contributed by atoms with van der Waals surface area (Å²) in [6.45, 7) is 3.15. The number of halogens is 3. The highest BCUT2D eigenvalue weighted by Crippen LogP contribution is 2.15. The lowest BCUT2D eigenvalue weighted by Crippen LogP contribution is -2.16. The standard InChI is InChI=1S/C5H5Cl3O2/c1-2-3(9)10-5(8)4(6)7/h2,4-5H,1H2. The summed E-state index contributed by atoms with van der Waals surface area (Å²) in [7, 11) is 0. The van der Waals surface area contributed by atoms with E-state index in [1.54, 1.807) is 0 Å². The predicted molar refractivity (Wildman–Crippen MR) is 41.4 cm³/mol. The van der Waals surface area contributed by atoms with Crippen molar-refractivity contribution >= 4 is 40.8 Å². The molecule has 10 heavy (non-hydrogen) atoms. The van der Waals surface area contributed by atoms with Crippen LogP contribution < -0.4 is 0 Å². The highest BCUT2D eigenvalue weighted by atomic mass is 35.5. The van der Waals surface area contributed by atoms with Crippen LogP contribution in [0.5, 0.6) is 0 Å². The van der Waals surface area contributed by atoms with Crippen molar-refractivity contribution in [3.63, 3.8) is 0 Å². The maximum Gasteiger partial charge on any atom is 0.331 e. The van der Waals surface area contributed by atoms with Gasteiger partial charge in [-0.1, -0.05) is 41.4 Å². The van der Waals surface area contributed by atoms with E-state index >= 15 is 0 Å². The molecule has 0 saturated carbocycles. The molecule has 1 unspecified atom stereocenters. The number of rotatable bonds is 3. The van der Waals surface area contributed by atoms with Gasteiger partial charge in [-0.3, -0.25) is 0 Å². The van der Waals surface area contributed by atoms with Gasteiger partial charge in [-0.2, -0.15) is 0 Å². The Kier molecular flexibility index (Phi) is 4.87. The molecule has 0 aromatic heterocycles. The third kappa shape index (κ3) is 3.99. The van der Waals surface area contributed by atoms with Gasteiger partial charge in [0.05, 0.1) is 0 Å². The SMILES string of the molecule is C=CC(=O)OC(Cl)C(Cl)Cl. The zero-order chi connectivity index (χ0) is 8.15. The number of carbonyl (C=O) groups excluding carboxylic acids is 1. The first-order valence-corrected chi connectivity index (χ1v) is 3.64. The first kappa shape index (κ1) is 10.1. The molecule has 2 nitrogen and oxygen atoms in total. The van der Waals surface area contributed by atoms with Crippen LogP contribution in [0.2, 0.25) is 0 Å². The molecule has 0 rings (SSSR count). The van der Waals surface area contributed by atoms with Gasteiger partial charge in [-0.15, -0.1) is 0 Å². The smallest absolute Gasteiger partial charge is 0.331 e. The minimum Gasteiger partial charge on any atom is -0.440 e. The lowest BCUT2D eigenvalue weighted by atomic mass is 10.6. The summed E-state index contributed by atoms with van der Waals surface area (Å²) >= 11 is 15.8. The maximum absolute atomic E-state index is 10.4. The van der Waals surface area contributed by atoms with Crippen molar-refractivity contribution < 1.29 is 9.53 Å². The second kappa shape index (κ2) is 4.83. The van der Waals surface area contributed by atoms with E-state index in [-0.39, 0.29) is 0 Å². The van der Waals surface area contributed by atoms with E-state index in [1.165, 1.54) is 0 Å². The highest BCUT2D eigenvalue weighted by molar-refractivity contribution is 6.48. The van der Waals surface area contributed by atoms with E-state index < -0.39 is 16.4 Å². The number of esters is 1. The van der Waals surface area contributed by atoms with Crippen LogP contribution in [0, 0.1) is 0 Å². The Morgan fingerprint density at radius 3 is 2.30 bits per heavy atom. The summed E-state index contributed by atoms with van der Waals surface area (Å²) in [4.78, 5) is 9.46. The molecule has 0 aromatic rings. The third-order valence-electron chi connectivity index (χ3n) is 0.594. The Balaban J connectivity index is 3.67. The first-order valence-electron chi connectivity index (χ1n) is 2.33. The number of carbonyl (C=O) groups is 1. The van der Waals surface area contributed by atoms with Crippen LogP contribution in [0.1, 0.15) is 0 Å². The van der Waals surface area contributed by atoms with Crippen molar-refractivity contribution in [1.29, 1.82) is 0 Å². The number of hydrogen-bond acceptors (Lipinski definition) is 2. The van der Waals surface area contributed by atoms with E-state index in [2.05, 4.69) is 11.3 Å². The molecular formula is C5H5Cl3O2. The topological polar surface area (TPSA) is 26.3 Å². The number of hydrogen-bond donors (Lipinski definition) is 0. The fourth-order valence-corrected chi connectivity index (χ4v) is 0.401. The van der Waals surface area contributed by atoms with Crippen molar-refractivity contribution in [3.8, 4) is 0 Å². The molecule has 0 aliphatic rings. The average molecular weight is 203 g/mol. The fraction of sp³-hybridized carbons (Fsp3) is 0.400. The molecular weight excluding hydrogens is 198 g/mol. The van der Waals surface area contributed by atoms with E-state index in [9.17, 15) is 4.79 Å². The average Bonchev–Trinajstić information content (AvgIpc) is 1.87. The third-order valence-corrected chi connectivity index (χ3v) is 1.65. The monoisotopic (exact) mass is 202 g/mol. The van der Waals surface area contributed by atoms with Crippen molar-refractivity contribution in [1.82, 2.24) is 0 Å². The largest absolute Gasteiger partial charge is 0.440 e. The Morgan fingerprint density at radius 2 is 2.00 bits per heavy atom. The Morgan fingerprint density at radius 1 is 1.50 bits per heavy atom. The summed E-state index contributed by atoms with van der Waals surface area (Å²) in [5, 5.41) is 0. The van der Waals surface area contributed by atoms with Crippen LogP contribution >= 0.6 is 34.8 Å². The van der Waals surface area contributed by atoms with E-state index in [0.717, 1.165) is 6.08 Å². The normalized spacial score (nSPS) is 12.8. The fourth-order valence-electron chi connectivity index (χ4n) is 0.211. The molecule has 0 aromatic carbocycles. The summed E-state index contributed by atoms with van der Waals surface area (Å²) in [6, 6.07) is 0. The maximum atomic E-state index is 10.4. The molecule has 0 amide bonds. The number of alkyl halides is 3. The van der Waals surface area contributed by atoms with Gasteiger partial charge in [0, 0.05) is 6.08 Å². The van der Waals surface area contributed by atoms with Gasteiger partial charge in [0.1, 0.15) is 0 Å². The van der Waals surface area contributed by atoms with Crippen LogP contribution in [0.4, 0.5) is 0 Å². The quantitative estimate of drug-likeness (QED) is 0.399. The molecule has 0 bridgehead atoms. The second-order valence-corrected chi connectivity index (χ2v) is 2.92. The molecule has 0 fully saturated rings. The van der Waals surface area contributed by atoms with Gasteiger partial charge in [-0.05, 0) is 0 Å². The molecule has 0 spiro atoms. The summed E-state index contributed by atoms with van der Waals surface area (Å²) < 4.78 is 4.41. The lowest BCUT2D eigenvalue weighted by molar-refractivity contribution is -0.139. The number of ether oxygens (including phenoxy) is 1. The van der Waals surface area contributed by atoms with Crippen LogP contribution in [0.3, 0.4) is 0 Å². The zero-order valence-electron chi connectivity index (χ0n) is 4.89. The van der Waals surface area contributed by atoms with Crippen molar-refractivity contribution in [3.05, 3.63) is 12.7 Å². The summed E-state index contributed by atoms with van der Waals surface area (Å²) in [5.41, 5.74) is -1.02. The van der Waals surface area contributed by atoms with E-state index in [0.29, 0.717) is 0 Å². The first-order chi connectivity index (χ1) is 4.57. The van der Waals surface area contributed by atoms with Gasteiger partial charge >= 0.3 is 5.97 Å². The summed E-state index contributed by atoms with van der Waals surface area (Å²) in [5.74, 6) is -0.647. The van der Waals surface area contributed by atoms with Gasteiger partial charge in [0.2, 0.25) is 5.56 Å². The Hall–Kier alpha value is 0.0800.